The summed E-state index contributed by atoms with van der Waals surface area (Å²) in [7, 11) is 4.35. The van der Waals surface area contributed by atoms with Crippen molar-refractivity contribution < 1.29 is 0 Å². The molecule has 0 amide bonds. The van der Waals surface area contributed by atoms with Crippen LogP contribution in [-0.4, -0.2) is 43.6 Å². The summed E-state index contributed by atoms with van der Waals surface area (Å²) < 4.78 is 0. The van der Waals surface area contributed by atoms with E-state index in [1.807, 2.05) is 12.3 Å². The van der Waals surface area contributed by atoms with E-state index in [0.717, 1.165) is 18.2 Å². The molecule has 1 aliphatic heterocycles. The highest BCUT2D eigenvalue weighted by molar-refractivity contribution is 5.49. The molecule has 0 radical (unpaired) electrons. The third-order valence-electron chi connectivity index (χ3n) is 3.84. The fourth-order valence-electron chi connectivity index (χ4n) is 2.66. The third kappa shape index (κ3) is 3.21. The zero-order chi connectivity index (χ0) is 13.0. The zero-order valence-electron chi connectivity index (χ0n) is 11.5. The number of piperidine rings is 1. The normalized spacial score (nSPS) is 17.9. The molecular weight excluding hydrogens is 224 g/mol. The predicted molar refractivity (Wildman–Crippen MR) is 75.6 cm³/mol. The molecule has 2 heterocycles. The molecule has 0 bridgehead atoms. The highest BCUT2D eigenvalue weighted by atomic mass is 15.1. The molecule has 1 aromatic heterocycles. The van der Waals surface area contributed by atoms with Crippen LogP contribution in [-0.2, 0) is 6.54 Å². The van der Waals surface area contributed by atoms with Crippen LogP contribution in [0.1, 0.15) is 18.5 Å². The molecule has 0 atom stereocenters. The van der Waals surface area contributed by atoms with Gasteiger partial charge in [0.05, 0.1) is 11.4 Å². The molecule has 2 N–H and O–H groups in total. The summed E-state index contributed by atoms with van der Waals surface area (Å²) in [4.78, 5) is 9.07. The van der Waals surface area contributed by atoms with E-state index in [0.29, 0.717) is 6.54 Å². The van der Waals surface area contributed by atoms with Crippen molar-refractivity contribution in [1.82, 2.24) is 9.88 Å². The number of aromatic nitrogens is 1. The van der Waals surface area contributed by atoms with Gasteiger partial charge in [0, 0.05) is 26.3 Å². The fraction of sp³-hybridized carbons (Fsp3) is 0.643. The minimum absolute atomic E-state index is 0.508. The van der Waals surface area contributed by atoms with Crippen LogP contribution in [0.3, 0.4) is 0 Å². The van der Waals surface area contributed by atoms with Crippen molar-refractivity contribution in [3.05, 3.63) is 24.0 Å². The zero-order valence-corrected chi connectivity index (χ0v) is 11.5. The lowest BCUT2D eigenvalue weighted by molar-refractivity contribution is 0.222. The Morgan fingerprint density at radius 3 is 2.83 bits per heavy atom. The van der Waals surface area contributed by atoms with Gasteiger partial charge in [0.15, 0.2) is 0 Å². The molecule has 0 aliphatic carbocycles. The molecule has 1 saturated heterocycles. The quantitative estimate of drug-likeness (QED) is 0.873. The number of nitrogens with two attached hydrogens (primary N) is 1. The summed E-state index contributed by atoms with van der Waals surface area (Å²) >= 11 is 0. The fourth-order valence-corrected chi connectivity index (χ4v) is 2.66. The van der Waals surface area contributed by atoms with Crippen LogP contribution in [0.25, 0.3) is 0 Å². The Morgan fingerprint density at radius 1 is 1.44 bits per heavy atom. The monoisotopic (exact) mass is 248 g/mol. The first kappa shape index (κ1) is 13.3. The van der Waals surface area contributed by atoms with E-state index in [1.165, 1.54) is 31.6 Å². The Bertz CT molecular complexity index is 372. The molecule has 0 unspecified atom stereocenters. The summed E-state index contributed by atoms with van der Waals surface area (Å²) in [6, 6.07) is 4.10. The lowest BCUT2D eigenvalue weighted by Crippen LogP contribution is -2.36. The molecule has 1 fully saturated rings. The van der Waals surface area contributed by atoms with Gasteiger partial charge in [-0.1, -0.05) is 0 Å². The highest BCUT2D eigenvalue weighted by Gasteiger charge is 2.19. The van der Waals surface area contributed by atoms with Crippen molar-refractivity contribution in [2.45, 2.75) is 19.4 Å². The van der Waals surface area contributed by atoms with E-state index in [-0.39, 0.29) is 0 Å². The maximum atomic E-state index is 5.74. The highest BCUT2D eigenvalue weighted by Crippen LogP contribution is 2.22. The smallest absolute Gasteiger partial charge is 0.0772 e. The largest absolute Gasteiger partial charge is 0.373 e. The van der Waals surface area contributed by atoms with Gasteiger partial charge in [0.1, 0.15) is 0 Å². The SMILES string of the molecule is CN1CCC(CN(C)c2cccnc2CN)CC1. The molecule has 0 spiro atoms. The molecule has 1 aromatic rings. The molecule has 0 aromatic carbocycles. The Hall–Kier alpha value is -1.13. The van der Waals surface area contributed by atoms with Crippen molar-refractivity contribution in [2.75, 3.05) is 38.6 Å². The van der Waals surface area contributed by atoms with Crippen LogP contribution in [0.4, 0.5) is 5.69 Å². The van der Waals surface area contributed by atoms with Gasteiger partial charge < -0.3 is 15.5 Å². The topological polar surface area (TPSA) is 45.4 Å². The van der Waals surface area contributed by atoms with Gasteiger partial charge in [-0.05, 0) is 51.0 Å². The van der Waals surface area contributed by atoms with Crippen LogP contribution >= 0.6 is 0 Å². The van der Waals surface area contributed by atoms with Crippen molar-refractivity contribution in [1.29, 1.82) is 0 Å². The second-order valence-electron chi connectivity index (χ2n) is 5.30. The lowest BCUT2D eigenvalue weighted by Gasteiger charge is -2.32. The van der Waals surface area contributed by atoms with Crippen LogP contribution in [0.5, 0.6) is 0 Å². The van der Waals surface area contributed by atoms with Gasteiger partial charge in [-0.3, -0.25) is 4.98 Å². The number of hydrogen-bond donors (Lipinski definition) is 1. The van der Waals surface area contributed by atoms with E-state index in [9.17, 15) is 0 Å². The summed E-state index contributed by atoms with van der Waals surface area (Å²) in [5, 5.41) is 0. The Labute approximate surface area is 110 Å². The van der Waals surface area contributed by atoms with Gasteiger partial charge in [0.2, 0.25) is 0 Å². The van der Waals surface area contributed by atoms with Crippen LogP contribution < -0.4 is 10.6 Å². The average Bonchev–Trinajstić information content (AvgIpc) is 2.41. The number of hydrogen-bond acceptors (Lipinski definition) is 4. The number of anilines is 1. The number of nitrogens with zero attached hydrogens (tertiary/aromatic N) is 3. The lowest BCUT2D eigenvalue weighted by atomic mass is 9.96. The molecular formula is C14H24N4. The molecule has 4 heteroatoms. The molecule has 100 valence electrons. The summed E-state index contributed by atoms with van der Waals surface area (Å²) in [6.45, 7) is 4.05. The number of rotatable bonds is 4. The Balaban J connectivity index is 1.96. The summed E-state index contributed by atoms with van der Waals surface area (Å²) in [5.41, 5.74) is 7.92. The standard InChI is InChI=1S/C14H24N4/c1-17-8-5-12(6-9-17)11-18(2)14-4-3-7-16-13(14)10-15/h3-4,7,12H,5-6,8-11,15H2,1-2H3. The second kappa shape index (κ2) is 6.16. The minimum atomic E-state index is 0.508. The van der Waals surface area contributed by atoms with Gasteiger partial charge in [-0.25, -0.2) is 0 Å². The van der Waals surface area contributed by atoms with Crippen LogP contribution in [0.2, 0.25) is 0 Å². The minimum Gasteiger partial charge on any atom is -0.373 e. The first-order valence-electron chi connectivity index (χ1n) is 6.74. The Morgan fingerprint density at radius 2 is 2.17 bits per heavy atom. The van der Waals surface area contributed by atoms with Gasteiger partial charge in [-0.15, -0.1) is 0 Å². The molecule has 2 rings (SSSR count). The second-order valence-corrected chi connectivity index (χ2v) is 5.30. The van der Waals surface area contributed by atoms with E-state index < -0.39 is 0 Å². The van der Waals surface area contributed by atoms with Crippen LogP contribution in [0, 0.1) is 5.92 Å². The molecule has 0 saturated carbocycles. The van der Waals surface area contributed by atoms with E-state index in [1.54, 1.807) is 0 Å². The first-order chi connectivity index (χ1) is 8.70. The molecule has 4 nitrogen and oxygen atoms in total. The van der Waals surface area contributed by atoms with Crippen molar-refractivity contribution in [3.8, 4) is 0 Å². The van der Waals surface area contributed by atoms with E-state index in [2.05, 4.69) is 34.9 Å². The first-order valence-corrected chi connectivity index (χ1v) is 6.74. The van der Waals surface area contributed by atoms with Crippen molar-refractivity contribution in [2.24, 2.45) is 11.7 Å². The average molecular weight is 248 g/mol. The van der Waals surface area contributed by atoms with Crippen molar-refractivity contribution in [3.63, 3.8) is 0 Å². The Kier molecular flexibility index (Phi) is 4.55. The van der Waals surface area contributed by atoms with Gasteiger partial charge in [0.25, 0.3) is 0 Å². The third-order valence-corrected chi connectivity index (χ3v) is 3.84. The summed E-state index contributed by atoms with van der Waals surface area (Å²) in [5.74, 6) is 0.789. The van der Waals surface area contributed by atoms with E-state index in [4.69, 9.17) is 5.73 Å². The van der Waals surface area contributed by atoms with Gasteiger partial charge in [-0.2, -0.15) is 0 Å². The number of likely N-dealkylation sites (tertiary alicyclic amines) is 1. The maximum Gasteiger partial charge on any atom is 0.0772 e. The molecule has 18 heavy (non-hydrogen) atoms. The van der Waals surface area contributed by atoms with Crippen LogP contribution in [0.15, 0.2) is 18.3 Å². The summed E-state index contributed by atoms with van der Waals surface area (Å²) in [6.07, 6.45) is 4.40. The van der Waals surface area contributed by atoms with E-state index >= 15 is 0 Å². The molecule has 1 aliphatic rings. The maximum absolute atomic E-state index is 5.74. The predicted octanol–water partition coefficient (Wildman–Crippen LogP) is 1.32. The number of pyridine rings is 1. The van der Waals surface area contributed by atoms with Crippen molar-refractivity contribution >= 4 is 5.69 Å². The van der Waals surface area contributed by atoms with Gasteiger partial charge >= 0.3 is 0 Å².